The summed E-state index contributed by atoms with van der Waals surface area (Å²) < 4.78 is 100. The van der Waals surface area contributed by atoms with E-state index in [0.717, 1.165) is 52.1 Å². The predicted molar refractivity (Wildman–Crippen MR) is 343 cm³/mol. The zero-order valence-corrected chi connectivity index (χ0v) is 53.8. The lowest BCUT2D eigenvalue weighted by molar-refractivity contribution is -0.356. The number of carbonyl (C=O) groups is 5. The van der Waals surface area contributed by atoms with Crippen LogP contribution in [-0.4, -0.2) is 154 Å². The lowest BCUT2D eigenvalue weighted by Crippen LogP contribution is -2.68. The maximum absolute atomic E-state index is 14.7. The van der Waals surface area contributed by atoms with E-state index in [1.165, 1.54) is 26.2 Å². The summed E-state index contributed by atoms with van der Waals surface area (Å²) in [7, 11) is 1.53. The summed E-state index contributed by atoms with van der Waals surface area (Å²) in [5.74, 6) is -3.97. The van der Waals surface area contributed by atoms with E-state index in [1.54, 1.807) is 12.1 Å². The van der Waals surface area contributed by atoms with Gasteiger partial charge in [0.2, 0.25) is 0 Å². The van der Waals surface area contributed by atoms with Crippen LogP contribution in [0.15, 0.2) is 206 Å². The minimum Gasteiger partial charge on any atom is -0.463 e. The van der Waals surface area contributed by atoms with Gasteiger partial charge in [-0.05, 0) is 45.5 Å². The van der Waals surface area contributed by atoms with Crippen molar-refractivity contribution in [1.29, 1.82) is 0 Å². The number of hydrogen-bond acceptors (Lipinski definition) is 20. The van der Waals surface area contributed by atoms with E-state index in [0.29, 0.717) is 0 Å². The molecule has 0 N–H and O–H groups in total. The number of ether oxygens (including phenoxy) is 15. The van der Waals surface area contributed by atoms with Crippen molar-refractivity contribution < 1.29 is 95.0 Å². The lowest BCUT2D eigenvalue weighted by Gasteiger charge is -2.49. The van der Waals surface area contributed by atoms with Crippen LogP contribution in [-0.2, 0) is 125 Å². The number of imide groups is 1. The molecule has 3 fully saturated rings. The van der Waals surface area contributed by atoms with Gasteiger partial charge in [-0.2, -0.15) is 0 Å². The van der Waals surface area contributed by atoms with Crippen LogP contribution in [0.5, 0.6) is 0 Å². The molecule has 15 atom stereocenters. The summed E-state index contributed by atoms with van der Waals surface area (Å²) in [6.07, 6.45) is -16.8. The Morgan fingerprint density at radius 3 is 1.00 bits per heavy atom. The number of carbonyl (C=O) groups excluding carboxylic acids is 5. The highest BCUT2D eigenvalue weighted by molar-refractivity contribution is 6.21. The molecule has 0 aromatic heterocycles. The third-order valence-corrected chi connectivity index (χ3v) is 16.8. The summed E-state index contributed by atoms with van der Waals surface area (Å²) in [6, 6.07) is 62.4. The Kier molecular flexibility index (Phi) is 24.4. The number of methoxy groups -OCH3 is 1. The van der Waals surface area contributed by atoms with Gasteiger partial charge in [0, 0.05) is 27.9 Å². The van der Waals surface area contributed by atoms with Crippen molar-refractivity contribution in [1.82, 2.24) is 4.90 Å². The molecule has 0 bridgehead atoms. The Hall–Kier alpha value is -8.39. The highest BCUT2D eigenvalue weighted by Gasteiger charge is 2.59. The second-order valence-electron chi connectivity index (χ2n) is 23.6. The molecule has 21 nitrogen and oxygen atoms in total. The molecule has 0 saturated carbocycles. The molecular formula is C75H79NO20. The summed E-state index contributed by atoms with van der Waals surface area (Å²) in [5, 5.41) is 0. The molecule has 96 heavy (non-hydrogen) atoms. The molecular weight excluding hydrogens is 1230 g/mol. The second-order valence-corrected chi connectivity index (χ2v) is 23.6. The zero-order chi connectivity index (χ0) is 66.8. The summed E-state index contributed by atoms with van der Waals surface area (Å²) in [4.78, 5) is 69.2. The third kappa shape index (κ3) is 17.8. The molecule has 0 aliphatic carbocycles. The molecule has 0 radical (unpaired) electrons. The van der Waals surface area contributed by atoms with Crippen LogP contribution in [0.25, 0.3) is 0 Å². The third-order valence-electron chi connectivity index (χ3n) is 16.8. The standard InChI is InChI=1S/C75H79NO20/c1-48(77)83-45-61-65(92-49(2)78)66(93-50(3)79)62(76-71(80)57-37-23-24-38-58(57)72(76)81)73(94-61)90-46-60-64(85-40-52-27-13-6-14-28-52)68(87-42-54-31-17-8-18-32-54)70(89-44-56-35-21-10-22-36-56)75(96-60)91-47-59-63(84-39-51-25-11-5-12-26-51)67(86-41-53-29-15-7-16-30-53)69(74(82-4)95-59)88-43-55-33-19-9-20-34-55/h5-38,59-70,73-75H,39-47H2,1-4H3/t59-,60-,61-,62-,63-,64-,65-,66-,67+,68+,69-,70-,73-,74+,75+/m1/s1. The Morgan fingerprint density at radius 1 is 0.333 bits per heavy atom. The van der Waals surface area contributed by atoms with Gasteiger partial charge in [-0.3, -0.25) is 28.9 Å². The van der Waals surface area contributed by atoms with Crippen LogP contribution in [0.2, 0.25) is 0 Å². The monoisotopic (exact) mass is 1310 g/mol. The number of benzene rings is 7. The van der Waals surface area contributed by atoms with Gasteiger partial charge in [-0.25, -0.2) is 0 Å². The summed E-state index contributed by atoms with van der Waals surface area (Å²) in [6.45, 7) is 2.79. The van der Waals surface area contributed by atoms with Gasteiger partial charge in [0.1, 0.15) is 67.6 Å². The molecule has 21 heteroatoms. The first-order valence-corrected chi connectivity index (χ1v) is 32.0. The number of rotatable bonds is 30. The van der Waals surface area contributed by atoms with Crippen LogP contribution in [0, 0.1) is 0 Å². The predicted octanol–water partition coefficient (Wildman–Crippen LogP) is 9.44. The van der Waals surface area contributed by atoms with Crippen LogP contribution in [0.4, 0.5) is 0 Å². The van der Waals surface area contributed by atoms with Gasteiger partial charge in [-0.15, -0.1) is 0 Å². The summed E-state index contributed by atoms with van der Waals surface area (Å²) in [5.41, 5.74) is 5.25. The number of nitrogens with zero attached hydrogens (tertiary/aromatic N) is 1. The molecule has 7 aromatic rings. The van der Waals surface area contributed by atoms with E-state index < -0.39 is 135 Å². The van der Waals surface area contributed by atoms with Crippen molar-refractivity contribution in [2.75, 3.05) is 26.9 Å². The molecule has 4 aliphatic heterocycles. The molecule has 11 rings (SSSR count). The molecule has 0 unspecified atom stereocenters. The van der Waals surface area contributed by atoms with E-state index in [1.807, 2.05) is 182 Å². The maximum atomic E-state index is 14.7. The Morgan fingerprint density at radius 2 is 0.635 bits per heavy atom. The number of amides is 2. The summed E-state index contributed by atoms with van der Waals surface area (Å²) >= 11 is 0. The van der Waals surface area contributed by atoms with Gasteiger partial charge in [-0.1, -0.05) is 194 Å². The second kappa shape index (κ2) is 34.0. The van der Waals surface area contributed by atoms with Gasteiger partial charge in [0.05, 0.1) is 64.0 Å². The van der Waals surface area contributed by atoms with Crippen molar-refractivity contribution in [2.24, 2.45) is 0 Å². The number of hydrogen-bond donors (Lipinski definition) is 0. The molecule has 4 heterocycles. The fourth-order valence-corrected chi connectivity index (χ4v) is 12.2. The highest BCUT2D eigenvalue weighted by atomic mass is 16.8. The fourth-order valence-electron chi connectivity index (χ4n) is 12.2. The van der Waals surface area contributed by atoms with Crippen LogP contribution in [0.1, 0.15) is 74.9 Å². The first kappa shape index (κ1) is 69.0. The minimum absolute atomic E-state index is 0.0285. The Balaban J connectivity index is 0.993. The van der Waals surface area contributed by atoms with Gasteiger partial charge in [0.15, 0.2) is 31.1 Å². The van der Waals surface area contributed by atoms with E-state index >= 15 is 0 Å². The van der Waals surface area contributed by atoms with Crippen molar-refractivity contribution in [3.8, 4) is 0 Å². The molecule has 7 aromatic carbocycles. The van der Waals surface area contributed by atoms with Gasteiger partial charge in [0.25, 0.3) is 11.8 Å². The maximum Gasteiger partial charge on any atom is 0.303 e. The average Bonchev–Trinajstić information content (AvgIpc) is 1.50. The SMILES string of the molecule is CO[C@H]1O[C@H](CO[C@H]2O[C@H](CO[C@@H]3O[C@H](COC(C)=O)[C@@H](OC(C)=O)[C@H](OC(C)=O)[C@H]3N3C(=O)c4ccccc4C3=O)[C@@H](OCc3ccccc3)[C@H](OCc3ccccc3)[C@H]2OCc2ccccc2)[C@@H](OCc2ccccc2)[C@H](OCc2ccccc2)[C@H]1OCc1ccccc1. The van der Waals surface area contributed by atoms with Crippen LogP contribution >= 0.6 is 0 Å². The fraction of sp³-hybridized carbons (Fsp3) is 0.373. The molecule has 4 aliphatic rings. The van der Waals surface area contributed by atoms with Crippen molar-refractivity contribution >= 4 is 29.7 Å². The Bertz CT molecular complexity index is 3560. The zero-order valence-electron chi connectivity index (χ0n) is 53.8. The lowest BCUT2D eigenvalue weighted by atomic mass is 9.94. The molecule has 2 amide bonds. The topological polar surface area (TPSA) is 227 Å². The van der Waals surface area contributed by atoms with E-state index in [2.05, 4.69) is 0 Å². The first-order valence-electron chi connectivity index (χ1n) is 32.0. The van der Waals surface area contributed by atoms with E-state index in [9.17, 15) is 24.0 Å². The van der Waals surface area contributed by atoms with Gasteiger partial charge < -0.3 is 71.1 Å². The number of esters is 3. The molecule has 0 spiro atoms. The van der Waals surface area contributed by atoms with E-state index in [-0.39, 0.29) is 57.4 Å². The average molecular weight is 1310 g/mol. The van der Waals surface area contributed by atoms with Crippen molar-refractivity contribution in [3.05, 3.63) is 251 Å². The minimum atomic E-state index is -1.73. The van der Waals surface area contributed by atoms with Crippen LogP contribution < -0.4 is 0 Å². The van der Waals surface area contributed by atoms with Crippen molar-refractivity contribution in [2.45, 2.75) is 152 Å². The highest BCUT2D eigenvalue weighted by Crippen LogP contribution is 2.39. The van der Waals surface area contributed by atoms with Crippen LogP contribution in [0.3, 0.4) is 0 Å². The van der Waals surface area contributed by atoms with Crippen molar-refractivity contribution in [3.63, 3.8) is 0 Å². The normalized spacial score (nSPS) is 26.4. The Labute approximate surface area is 557 Å². The molecule has 504 valence electrons. The number of fused-ring (bicyclic) bond motifs is 1. The van der Waals surface area contributed by atoms with Gasteiger partial charge >= 0.3 is 17.9 Å². The smallest absolute Gasteiger partial charge is 0.303 e. The first-order chi connectivity index (χ1) is 46.9. The largest absolute Gasteiger partial charge is 0.463 e. The van der Waals surface area contributed by atoms with E-state index in [4.69, 9.17) is 71.1 Å². The quantitative estimate of drug-likeness (QED) is 0.0232. The molecule has 3 saturated heterocycles.